The predicted octanol–water partition coefficient (Wildman–Crippen LogP) is 0.584. The number of nitrogens with one attached hydrogen (secondary N) is 1. The van der Waals surface area contributed by atoms with Gasteiger partial charge in [-0.05, 0) is 19.3 Å². The highest BCUT2D eigenvalue weighted by Crippen LogP contribution is 2.29. The molecule has 1 atom stereocenters. The maximum absolute atomic E-state index is 11.5. The van der Waals surface area contributed by atoms with E-state index in [0.29, 0.717) is 37.6 Å². The number of ether oxygens (including phenoxy) is 1. The summed E-state index contributed by atoms with van der Waals surface area (Å²) in [6, 6.07) is 2.35. The molecule has 1 aromatic heterocycles. The van der Waals surface area contributed by atoms with Crippen LogP contribution in [0, 0.1) is 0 Å². The normalized spacial score (nSPS) is 24.6. The van der Waals surface area contributed by atoms with E-state index in [1.807, 2.05) is 15.9 Å². The number of hydrogen-bond acceptors (Lipinski definition) is 7. The van der Waals surface area contributed by atoms with Crippen molar-refractivity contribution >= 4 is 17.7 Å². The lowest BCUT2D eigenvalue weighted by atomic mass is 10.0. The van der Waals surface area contributed by atoms with Crippen LogP contribution in [0.15, 0.2) is 6.07 Å². The van der Waals surface area contributed by atoms with Crippen molar-refractivity contribution in [3.05, 3.63) is 11.8 Å². The summed E-state index contributed by atoms with van der Waals surface area (Å²) < 4.78 is 5.52. The first-order valence-corrected chi connectivity index (χ1v) is 9.50. The molecule has 26 heavy (non-hydrogen) atoms. The molecule has 0 aliphatic carbocycles. The minimum Gasteiger partial charge on any atom is -0.389 e. The van der Waals surface area contributed by atoms with Crippen LogP contribution < -0.4 is 10.2 Å². The number of aliphatic hydroxyl groups excluding tert-OH is 1. The van der Waals surface area contributed by atoms with Gasteiger partial charge in [0.1, 0.15) is 5.82 Å². The van der Waals surface area contributed by atoms with E-state index >= 15 is 0 Å². The molecule has 8 heteroatoms. The molecule has 1 aromatic rings. The van der Waals surface area contributed by atoms with Gasteiger partial charge in [0.25, 0.3) is 0 Å². The highest BCUT2D eigenvalue weighted by atomic mass is 16.5. The van der Waals surface area contributed by atoms with Gasteiger partial charge < -0.3 is 25.0 Å². The Labute approximate surface area is 153 Å². The summed E-state index contributed by atoms with van der Waals surface area (Å²) in [6.07, 6.45) is 2.53. The smallest absolute Gasteiger partial charge is 0.227 e. The van der Waals surface area contributed by atoms with E-state index in [1.54, 1.807) is 6.92 Å². The Bertz CT molecular complexity index is 650. The van der Waals surface area contributed by atoms with E-state index in [4.69, 9.17) is 9.72 Å². The number of aromatic nitrogens is 2. The van der Waals surface area contributed by atoms with Gasteiger partial charge in [-0.15, -0.1) is 0 Å². The third kappa shape index (κ3) is 3.76. The van der Waals surface area contributed by atoms with E-state index in [9.17, 15) is 9.90 Å². The molecule has 0 aromatic carbocycles. The number of carbonyl (C=O) groups excluding carboxylic acids is 1. The topological polar surface area (TPSA) is 90.8 Å². The Kier molecular flexibility index (Phi) is 4.95. The summed E-state index contributed by atoms with van der Waals surface area (Å²) in [5.74, 6) is 1.97. The highest BCUT2D eigenvalue weighted by molar-refractivity contribution is 5.73. The number of hydrogen-bond donors (Lipinski definition) is 2. The first-order chi connectivity index (χ1) is 12.6. The van der Waals surface area contributed by atoms with Crippen molar-refractivity contribution in [2.45, 2.75) is 44.2 Å². The Morgan fingerprint density at radius 2 is 2.04 bits per heavy atom. The molecule has 0 saturated carbocycles. The van der Waals surface area contributed by atoms with Crippen molar-refractivity contribution in [1.29, 1.82) is 0 Å². The summed E-state index contributed by atoms with van der Waals surface area (Å²) in [7, 11) is 0. The van der Waals surface area contributed by atoms with Gasteiger partial charge in [-0.1, -0.05) is 0 Å². The highest BCUT2D eigenvalue weighted by Gasteiger charge is 2.29. The second-order valence-corrected chi connectivity index (χ2v) is 7.52. The van der Waals surface area contributed by atoms with Crippen LogP contribution >= 0.6 is 0 Å². The molecule has 3 aliphatic rings. The summed E-state index contributed by atoms with van der Waals surface area (Å²) in [5.41, 5.74) is 1.01. The van der Waals surface area contributed by atoms with Gasteiger partial charge in [-0.25, -0.2) is 4.98 Å². The molecular weight excluding hydrogens is 334 g/mol. The molecular formula is C18H27N5O3. The zero-order chi connectivity index (χ0) is 18.1. The molecule has 4 heterocycles. The molecule has 0 radical (unpaired) electrons. The van der Waals surface area contributed by atoms with Gasteiger partial charge in [0.2, 0.25) is 11.9 Å². The second-order valence-electron chi connectivity index (χ2n) is 7.52. The Morgan fingerprint density at radius 3 is 2.65 bits per heavy atom. The fraction of sp³-hybridized carbons (Fsp3) is 0.722. The van der Waals surface area contributed by atoms with Crippen LogP contribution in [0.5, 0.6) is 0 Å². The molecule has 142 valence electrons. The fourth-order valence-electron chi connectivity index (χ4n) is 3.81. The third-order valence-electron chi connectivity index (χ3n) is 5.52. The van der Waals surface area contributed by atoms with Crippen molar-refractivity contribution in [1.82, 2.24) is 14.9 Å². The average Bonchev–Trinajstić information content (AvgIpc) is 3.14. The molecule has 4 rings (SSSR count). The number of rotatable bonds is 4. The molecule has 2 N–H and O–H groups in total. The molecule has 3 aliphatic heterocycles. The Morgan fingerprint density at radius 1 is 1.27 bits per heavy atom. The summed E-state index contributed by atoms with van der Waals surface area (Å²) >= 11 is 0. The summed E-state index contributed by atoms with van der Waals surface area (Å²) in [4.78, 5) is 24.8. The number of piperidine rings is 1. The van der Waals surface area contributed by atoms with E-state index < -0.39 is 0 Å². The number of carbonyl (C=O) groups is 1. The molecule has 1 amide bonds. The first kappa shape index (κ1) is 17.5. The lowest BCUT2D eigenvalue weighted by Crippen LogP contribution is -2.51. The fourth-order valence-corrected chi connectivity index (χ4v) is 3.81. The van der Waals surface area contributed by atoms with Crippen molar-refractivity contribution in [2.75, 3.05) is 49.6 Å². The monoisotopic (exact) mass is 361 g/mol. The van der Waals surface area contributed by atoms with Crippen LogP contribution in [0.2, 0.25) is 0 Å². The zero-order valence-electron chi connectivity index (χ0n) is 15.2. The summed E-state index contributed by atoms with van der Waals surface area (Å²) in [6.45, 7) is 5.84. The van der Waals surface area contributed by atoms with Crippen LogP contribution in [-0.2, 0) is 9.53 Å². The number of amides is 1. The zero-order valence-corrected chi connectivity index (χ0v) is 15.2. The quantitative estimate of drug-likeness (QED) is 0.811. The second kappa shape index (κ2) is 7.36. The van der Waals surface area contributed by atoms with Crippen LogP contribution in [0.4, 0.5) is 11.8 Å². The van der Waals surface area contributed by atoms with Crippen molar-refractivity contribution < 1.29 is 14.6 Å². The largest absolute Gasteiger partial charge is 0.389 e. The Balaban J connectivity index is 1.48. The number of aliphatic hydroxyl groups is 1. The van der Waals surface area contributed by atoms with Gasteiger partial charge in [-0.3, -0.25) is 4.79 Å². The molecule has 8 nitrogen and oxygen atoms in total. The van der Waals surface area contributed by atoms with Crippen molar-refractivity contribution in [3.63, 3.8) is 0 Å². The lowest BCUT2D eigenvalue weighted by molar-refractivity contribution is -0.129. The number of β-amino-alcohol motifs (C(OH)–C–C–N with tert-alkyl or cyclic N) is 1. The van der Waals surface area contributed by atoms with Crippen molar-refractivity contribution in [3.8, 4) is 0 Å². The van der Waals surface area contributed by atoms with E-state index in [-0.39, 0.29) is 12.0 Å². The van der Waals surface area contributed by atoms with Crippen LogP contribution in [0.3, 0.4) is 0 Å². The Hall–Kier alpha value is -1.93. The van der Waals surface area contributed by atoms with Crippen LogP contribution in [-0.4, -0.2) is 77.4 Å². The molecule has 3 fully saturated rings. The van der Waals surface area contributed by atoms with Gasteiger partial charge in [0.15, 0.2) is 0 Å². The lowest BCUT2D eigenvalue weighted by Gasteiger charge is -2.36. The number of anilines is 2. The van der Waals surface area contributed by atoms with Gasteiger partial charge >= 0.3 is 0 Å². The predicted molar refractivity (Wildman–Crippen MR) is 97.3 cm³/mol. The molecule has 3 saturated heterocycles. The maximum Gasteiger partial charge on any atom is 0.227 e. The van der Waals surface area contributed by atoms with Gasteiger partial charge in [0, 0.05) is 57.7 Å². The minimum absolute atomic E-state index is 0.146. The van der Waals surface area contributed by atoms with Gasteiger partial charge in [0.05, 0.1) is 18.4 Å². The molecule has 0 bridgehead atoms. The molecule has 1 unspecified atom stereocenters. The van der Waals surface area contributed by atoms with E-state index in [0.717, 1.165) is 50.5 Å². The molecule has 0 spiro atoms. The number of nitrogens with zero attached hydrogens (tertiary/aromatic N) is 4. The van der Waals surface area contributed by atoms with Crippen LogP contribution in [0.1, 0.15) is 37.8 Å². The summed E-state index contributed by atoms with van der Waals surface area (Å²) in [5, 5.41) is 13.1. The average molecular weight is 361 g/mol. The van der Waals surface area contributed by atoms with Crippen molar-refractivity contribution in [2.24, 2.45) is 0 Å². The maximum atomic E-state index is 11.5. The first-order valence-electron chi connectivity index (χ1n) is 9.50. The van der Waals surface area contributed by atoms with Gasteiger partial charge in [-0.2, -0.15) is 4.98 Å². The SMILES string of the molecule is CC(=O)N1CCC(Nc2cc(C3CCOC3)nc(N3CC(O)C3)n2)CC1. The van der Waals surface area contributed by atoms with Crippen LogP contribution in [0.25, 0.3) is 0 Å². The number of likely N-dealkylation sites (tertiary alicyclic amines) is 1. The third-order valence-corrected chi connectivity index (χ3v) is 5.52. The standard InChI is InChI=1S/C18H27N5O3/c1-12(24)22-5-2-14(3-6-22)19-17-8-16(13-4-7-26-11-13)20-18(21-17)23-9-15(25)10-23/h8,13-15,25H,2-7,9-11H2,1H3,(H,19,20,21). The van der Waals surface area contributed by atoms with E-state index in [1.165, 1.54) is 0 Å². The van der Waals surface area contributed by atoms with E-state index in [2.05, 4.69) is 10.3 Å². The minimum atomic E-state index is -0.288.